The minimum Gasteiger partial charge on any atom is -0.466 e. The third-order valence-electron chi connectivity index (χ3n) is 6.01. The summed E-state index contributed by atoms with van der Waals surface area (Å²) in [4.78, 5) is 14.4. The van der Waals surface area contributed by atoms with Gasteiger partial charge in [-0.2, -0.15) is 0 Å². The van der Waals surface area contributed by atoms with Crippen molar-refractivity contribution in [3.05, 3.63) is 77.9 Å². The van der Waals surface area contributed by atoms with Gasteiger partial charge in [-0.05, 0) is 60.8 Å². The third kappa shape index (κ3) is 4.34. The average Bonchev–Trinajstić information content (AvgIpc) is 3.29. The van der Waals surface area contributed by atoms with Gasteiger partial charge in [0.2, 0.25) is 0 Å². The lowest BCUT2D eigenvalue weighted by Crippen LogP contribution is -2.39. The fourth-order valence-corrected chi connectivity index (χ4v) is 4.56. The summed E-state index contributed by atoms with van der Waals surface area (Å²) in [5, 5.41) is 6.10. The van der Waals surface area contributed by atoms with Gasteiger partial charge in [0, 0.05) is 18.3 Å². The van der Waals surface area contributed by atoms with Crippen molar-refractivity contribution in [2.75, 3.05) is 24.6 Å². The molecule has 156 valence electrons. The number of anilines is 1. The molecule has 4 nitrogen and oxygen atoms in total. The highest BCUT2D eigenvalue weighted by Crippen LogP contribution is 2.34. The summed E-state index contributed by atoms with van der Waals surface area (Å²) in [5.74, 6) is -0.175. The van der Waals surface area contributed by atoms with Gasteiger partial charge in [0.15, 0.2) is 0 Å². The summed E-state index contributed by atoms with van der Waals surface area (Å²) in [6, 6.07) is 24.3. The van der Waals surface area contributed by atoms with Crippen LogP contribution in [0.3, 0.4) is 0 Å². The van der Waals surface area contributed by atoms with Crippen LogP contribution in [-0.4, -0.2) is 31.7 Å². The minimum absolute atomic E-state index is 0.175. The Labute approximate surface area is 178 Å². The second kappa shape index (κ2) is 9.31. The molecular formula is C26H30N2O2. The van der Waals surface area contributed by atoms with E-state index in [2.05, 4.69) is 83.9 Å². The largest absolute Gasteiger partial charge is 0.466 e. The predicted molar refractivity (Wildman–Crippen MR) is 123 cm³/mol. The molecule has 0 bridgehead atoms. The first-order chi connectivity index (χ1) is 14.7. The number of hydrogen-bond donors (Lipinski definition) is 1. The van der Waals surface area contributed by atoms with Gasteiger partial charge >= 0.3 is 5.97 Å². The Morgan fingerprint density at radius 3 is 2.60 bits per heavy atom. The van der Waals surface area contributed by atoms with E-state index in [0.29, 0.717) is 19.1 Å². The zero-order valence-corrected chi connectivity index (χ0v) is 17.8. The first-order valence-electron chi connectivity index (χ1n) is 10.9. The molecule has 0 aromatic heterocycles. The fraction of sp³-hybridized carbons (Fsp3) is 0.346. The van der Waals surface area contributed by atoms with Gasteiger partial charge in [0.1, 0.15) is 0 Å². The molecule has 0 amide bonds. The molecule has 4 heteroatoms. The Balaban J connectivity index is 1.66. The van der Waals surface area contributed by atoms with E-state index in [-0.39, 0.29) is 12.0 Å². The molecule has 0 spiro atoms. The fourth-order valence-electron chi connectivity index (χ4n) is 4.56. The van der Waals surface area contributed by atoms with Crippen LogP contribution in [0.2, 0.25) is 0 Å². The normalized spacial score (nSPS) is 17.1. The molecule has 1 aliphatic heterocycles. The molecule has 1 N–H and O–H groups in total. The summed E-state index contributed by atoms with van der Waals surface area (Å²) in [6.07, 6.45) is 1.44. The molecule has 2 atom stereocenters. The molecule has 1 fully saturated rings. The van der Waals surface area contributed by atoms with Gasteiger partial charge < -0.3 is 15.0 Å². The Bertz CT molecular complexity index is 988. The van der Waals surface area contributed by atoms with E-state index in [1.807, 2.05) is 6.92 Å². The number of ether oxygens (including phenoxy) is 1. The summed E-state index contributed by atoms with van der Waals surface area (Å²) in [7, 11) is 0. The summed E-state index contributed by atoms with van der Waals surface area (Å²) in [5.41, 5.74) is 3.52. The highest BCUT2D eigenvalue weighted by Gasteiger charge is 2.28. The first-order valence-corrected chi connectivity index (χ1v) is 10.9. The van der Waals surface area contributed by atoms with Crippen LogP contribution in [0, 0.1) is 0 Å². The average molecular weight is 403 g/mol. The number of hydrogen-bond acceptors (Lipinski definition) is 4. The number of fused-ring (bicyclic) bond motifs is 1. The van der Waals surface area contributed by atoms with Crippen molar-refractivity contribution in [1.82, 2.24) is 5.32 Å². The molecule has 1 heterocycles. The van der Waals surface area contributed by atoms with E-state index < -0.39 is 0 Å². The van der Waals surface area contributed by atoms with Gasteiger partial charge in [0.25, 0.3) is 0 Å². The topological polar surface area (TPSA) is 41.6 Å². The molecule has 3 aromatic rings. The number of benzene rings is 3. The van der Waals surface area contributed by atoms with Crippen LogP contribution < -0.4 is 10.2 Å². The molecule has 1 saturated heterocycles. The molecule has 3 aromatic carbocycles. The van der Waals surface area contributed by atoms with E-state index in [1.54, 1.807) is 0 Å². The van der Waals surface area contributed by atoms with E-state index in [0.717, 1.165) is 25.1 Å². The van der Waals surface area contributed by atoms with Crippen molar-refractivity contribution in [3.8, 4) is 0 Å². The van der Waals surface area contributed by atoms with E-state index in [1.165, 1.54) is 22.0 Å². The van der Waals surface area contributed by atoms with Crippen molar-refractivity contribution in [3.63, 3.8) is 0 Å². The van der Waals surface area contributed by atoms with Crippen LogP contribution in [0.4, 0.5) is 5.69 Å². The van der Waals surface area contributed by atoms with Crippen molar-refractivity contribution >= 4 is 22.4 Å². The number of nitrogens with one attached hydrogen (secondary N) is 1. The van der Waals surface area contributed by atoms with Gasteiger partial charge in [-0.15, -0.1) is 0 Å². The zero-order valence-electron chi connectivity index (χ0n) is 17.8. The Morgan fingerprint density at radius 2 is 1.87 bits per heavy atom. The summed E-state index contributed by atoms with van der Waals surface area (Å²) < 4.78 is 5.08. The monoisotopic (exact) mass is 402 g/mol. The second-order valence-corrected chi connectivity index (χ2v) is 7.95. The SMILES string of the molecule is CCOC(=O)Cc1ccc(N([C@H]2CCNC2)[C@H](C)c2cccc3ccccc23)cc1. The molecular weight excluding hydrogens is 372 g/mol. The molecule has 0 radical (unpaired) electrons. The number of nitrogens with zero attached hydrogens (tertiary/aromatic N) is 1. The van der Waals surface area contributed by atoms with Crippen molar-refractivity contribution in [2.45, 2.75) is 38.8 Å². The molecule has 30 heavy (non-hydrogen) atoms. The second-order valence-electron chi connectivity index (χ2n) is 7.95. The maximum atomic E-state index is 11.8. The van der Waals surface area contributed by atoms with Crippen LogP contribution in [0.5, 0.6) is 0 Å². The van der Waals surface area contributed by atoms with Crippen LogP contribution in [0.25, 0.3) is 10.8 Å². The van der Waals surface area contributed by atoms with Crippen LogP contribution in [-0.2, 0) is 16.0 Å². The molecule has 4 rings (SSSR count). The summed E-state index contributed by atoms with van der Waals surface area (Å²) >= 11 is 0. The van der Waals surface area contributed by atoms with Crippen molar-refractivity contribution in [1.29, 1.82) is 0 Å². The van der Waals surface area contributed by atoms with Gasteiger partial charge in [-0.25, -0.2) is 0 Å². The van der Waals surface area contributed by atoms with Crippen LogP contribution in [0.15, 0.2) is 66.7 Å². The van der Waals surface area contributed by atoms with Crippen LogP contribution in [0.1, 0.15) is 37.4 Å². The zero-order chi connectivity index (χ0) is 20.9. The quantitative estimate of drug-likeness (QED) is 0.572. The number of carbonyl (C=O) groups is 1. The van der Waals surface area contributed by atoms with E-state index in [9.17, 15) is 4.79 Å². The molecule has 1 aliphatic rings. The predicted octanol–water partition coefficient (Wildman–Crippen LogP) is 4.87. The minimum atomic E-state index is -0.175. The lowest BCUT2D eigenvalue weighted by atomic mass is 9.96. The smallest absolute Gasteiger partial charge is 0.310 e. The number of carbonyl (C=O) groups excluding carboxylic acids is 1. The third-order valence-corrected chi connectivity index (χ3v) is 6.01. The van der Waals surface area contributed by atoms with E-state index >= 15 is 0 Å². The standard InChI is InChI=1S/C26H30N2O2/c1-3-30-26(29)17-20-11-13-22(14-12-20)28(23-15-16-27-18-23)19(2)24-10-6-8-21-7-4-5-9-25(21)24/h4-14,19,23,27H,3,15-18H2,1-2H3/t19-,23+/m1/s1. The van der Waals surface area contributed by atoms with Crippen molar-refractivity contribution in [2.24, 2.45) is 0 Å². The van der Waals surface area contributed by atoms with Crippen molar-refractivity contribution < 1.29 is 9.53 Å². The van der Waals surface area contributed by atoms with Gasteiger partial charge in [-0.3, -0.25) is 4.79 Å². The molecule has 0 aliphatic carbocycles. The lowest BCUT2D eigenvalue weighted by molar-refractivity contribution is -0.142. The Kier molecular flexibility index (Phi) is 6.34. The molecule has 0 unspecified atom stereocenters. The number of rotatable bonds is 7. The highest BCUT2D eigenvalue weighted by molar-refractivity contribution is 5.86. The first kappa shape index (κ1) is 20.4. The summed E-state index contributed by atoms with van der Waals surface area (Å²) in [6.45, 7) is 6.59. The maximum absolute atomic E-state index is 11.8. The van der Waals surface area contributed by atoms with Crippen LogP contribution >= 0.6 is 0 Å². The lowest BCUT2D eigenvalue weighted by Gasteiger charge is -2.37. The Morgan fingerprint density at radius 1 is 1.10 bits per heavy atom. The highest BCUT2D eigenvalue weighted by atomic mass is 16.5. The van der Waals surface area contributed by atoms with Gasteiger partial charge in [0.05, 0.1) is 19.1 Å². The maximum Gasteiger partial charge on any atom is 0.310 e. The number of esters is 1. The van der Waals surface area contributed by atoms with Gasteiger partial charge in [-0.1, -0.05) is 54.6 Å². The Hall–Kier alpha value is -2.85. The molecule has 0 saturated carbocycles. The van der Waals surface area contributed by atoms with E-state index in [4.69, 9.17) is 4.74 Å².